The van der Waals surface area contributed by atoms with Crippen LogP contribution < -0.4 is 5.56 Å². The first-order valence-electron chi connectivity index (χ1n) is 6.58. The molecule has 0 saturated carbocycles. The number of benzene rings is 1. The number of hydrogen-bond donors (Lipinski definition) is 2. The average molecular weight is 296 g/mol. The van der Waals surface area contributed by atoms with Gasteiger partial charge >= 0.3 is 5.97 Å². The molecule has 0 atom stereocenters. The molecule has 2 heterocycles. The number of rotatable bonds is 3. The first-order chi connectivity index (χ1) is 10.6. The van der Waals surface area contributed by atoms with Gasteiger partial charge in [-0.2, -0.15) is 4.98 Å². The summed E-state index contributed by atoms with van der Waals surface area (Å²) in [6.07, 6.45) is 1.66. The van der Waals surface area contributed by atoms with Gasteiger partial charge in [0.15, 0.2) is 5.65 Å². The lowest BCUT2D eigenvalue weighted by atomic mass is 10.1. The first kappa shape index (κ1) is 13.8. The van der Waals surface area contributed by atoms with Gasteiger partial charge in [-0.1, -0.05) is 30.3 Å². The van der Waals surface area contributed by atoms with E-state index in [-0.39, 0.29) is 23.2 Å². The van der Waals surface area contributed by atoms with Crippen LogP contribution in [0.3, 0.4) is 0 Å². The monoisotopic (exact) mass is 296 g/mol. The average Bonchev–Trinajstić information content (AvgIpc) is 2.52. The van der Waals surface area contributed by atoms with Gasteiger partial charge in [-0.05, 0) is 17.7 Å². The van der Waals surface area contributed by atoms with Crippen LogP contribution in [-0.2, 0) is 6.42 Å². The molecule has 0 radical (unpaired) electrons. The van der Waals surface area contributed by atoms with Crippen molar-refractivity contribution in [1.29, 1.82) is 0 Å². The molecule has 6 heteroatoms. The molecular formula is C16H12N2O4. The van der Waals surface area contributed by atoms with Crippen molar-refractivity contribution in [3.63, 3.8) is 0 Å². The van der Waals surface area contributed by atoms with Crippen molar-refractivity contribution in [2.45, 2.75) is 6.42 Å². The number of aromatic nitrogens is 2. The summed E-state index contributed by atoms with van der Waals surface area (Å²) in [4.78, 5) is 27.6. The summed E-state index contributed by atoms with van der Waals surface area (Å²) >= 11 is 0. The lowest BCUT2D eigenvalue weighted by molar-refractivity contribution is 0.0698. The zero-order valence-electron chi connectivity index (χ0n) is 11.4. The molecule has 0 bridgehead atoms. The van der Waals surface area contributed by atoms with E-state index in [1.165, 1.54) is 18.3 Å². The van der Waals surface area contributed by atoms with Crippen molar-refractivity contribution in [1.82, 2.24) is 9.38 Å². The van der Waals surface area contributed by atoms with Gasteiger partial charge in [0.1, 0.15) is 5.56 Å². The molecule has 0 aliphatic rings. The molecule has 3 aromatic rings. The largest absolute Gasteiger partial charge is 0.493 e. The highest BCUT2D eigenvalue weighted by atomic mass is 16.4. The summed E-state index contributed by atoms with van der Waals surface area (Å²) in [5, 5.41) is 19.2. The maximum Gasteiger partial charge on any atom is 0.339 e. The molecule has 0 amide bonds. The highest BCUT2D eigenvalue weighted by Gasteiger charge is 2.17. The van der Waals surface area contributed by atoms with Crippen LogP contribution >= 0.6 is 0 Å². The number of fused-ring (bicyclic) bond motifs is 1. The standard InChI is InChI=1S/C16H12N2O4/c19-14-12(9-10-5-2-1-3-6-10)15(20)18-8-4-7-11(16(21)22)13(18)17-14/h1-8,19H,9H2,(H,21,22). The van der Waals surface area contributed by atoms with Gasteiger partial charge in [0.05, 0.1) is 5.56 Å². The van der Waals surface area contributed by atoms with Crippen molar-refractivity contribution in [2.75, 3.05) is 0 Å². The van der Waals surface area contributed by atoms with E-state index in [1.807, 2.05) is 30.3 Å². The minimum Gasteiger partial charge on any atom is -0.493 e. The topological polar surface area (TPSA) is 91.9 Å². The van der Waals surface area contributed by atoms with Crippen molar-refractivity contribution in [3.05, 3.63) is 75.7 Å². The van der Waals surface area contributed by atoms with E-state index >= 15 is 0 Å². The predicted molar refractivity (Wildman–Crippen MR) is 79.3 cm³/mol. The lowest BCUT2D eigenvalue weighted by Crippen LogP contribution is -2.21. The molecule has 2 aromatic heterocycles. The number of nitrogens with zero attached hydrogens (tertiary/aromatic N) is 2. The summed E-state index contributed by atoms with van der Waals surface area (Å²) in [5.41, 5.74) is 0.294. The summed E-state index contributed by atoms with van der Waals surface area (Å²) in [6, 6.07) is 12.0. The van der Waals surface area contributed by atoms with Gasteiger partial charge in [-0.25, -0.2) is 4.79 Å². The predicted octanol–water partition coefficient (Wildman–Crippen LogP) is 1.69. The number of carboxylic acid groups (broad SMARTS) is 1. The zero-order chi connectivity index (χ0) is 15.7. The summed E-state index contributed by atoms with van der Waals surface area (Å²) < 4.78 is 1.14. The maximum atomic E-state index is 12.5. The minimum absolute atomic E-state index is 0.0747. The van der Waals surface area contributed by atoms with Crippen LogP contribution in [0.1, 0.15) is 21.5 Å². The van der Waals surface area contributed by atoms with Gasteiger partial charge in [-0.15, -0.1) is 0 Å². The molecule has 0 unspecified atom stereocenters. The van der Waals surface area contributed by atoms with Crippen molar-refractivity contribution >= 4 is 11.6 Å². The maximum absolute atomic E-state index is 12.5. The molecule has 0 aliphatic carbocycles. The molecule has 3 rings (SSSR count). The Morgan fingerprint density at radius 2 is 1.86 bits per heavy atom. The number of hydrogen-bond acceptors (Lipinski definition) is 4. The van der Waals surface area contributed by atoms with Crippen LogP contribution in [0.5, 0.6) is 5.88 Å². The van der Waals surface area contributed by atoms with E-state index in [0.29, 0.717) is 0 Å². The Labute approximate surface area is 124 Å². The van der Waals surface area contributed by atoms with Crippen molar-refractivity contribution in [2.24, 2.45) is 0 Å². The summed E-state index contributed by atoms with van der Waals surface area (Å²) in [5.74, 6) is -1.65. The van der Waals surface area contributed by atoms with E-state index in [2.05, 4.69) is 4.98 Å². The quantitative estimate of drug-likeness (QED) is 0.767. The van der Waals surface area contributed by atoms with E-state index in [1.54, 1.807) is 0 Å². The van der Waals surface area contributed by atoms with Crippen LogP contribution in [0.4, 0.5) is 0 Å². The highest BCUT2D eigenvalue weighted by Crippen LogP contribution is 2.17. The number of carbonyl (C=O) groups is 1. The first-order valence-corrected chi connectivity index (χ1v) is 6.58. The SMILES string of the molecule is O=C(O)c1cccn2c(=O)c(Cc3ccccc3)c(O)nc12. The molecule has 0 aliphatic heterocycles. The summed E-state index contributed by atoms with van der Waals surface area (Å²) in [6.45, 7) is 0. The van der Waals surface area contributed by atoms with Crippen molar-refractivity contribution < 1.29 is 15.0 Å². The molecular weight excluding hydrogens is 284 g/mol. The Morgan fingerprint density at radius 1 is 1.14 bits per heavy atom. The minimum atomic E-state index is -1.21. The van der Waals surface area contributed by atoms with Crippen LogP contribution in [0.15, 0.2) is 53.5 Å². The fraction of sp³-hybridized carbons (Fsp3) is 0.0625. The van der Waals surface area contributed by atoms with E-state index in [4.69, 9.17) is 5.11 Å². The second-order valence-electron chi connectivity index (χ2n) is 4.80. The molecule has 22 heavy (non-hydrogen) atoms. The fourth-order valence-corrected chi connectivity index (χ4v) is 2.31. The number of pyridine rings is 1. The molecule has 0 fully saturated rings. The summed E-state index contributed by atoms with van der Waals surface area (Å²) in [7, 11) is 0. The Balaban J connectivity index is 2.22. The van der Waals surface area contributed by atoms with E-state index < -0.39 is 17.4 Å². The van der Waals surface area contributed by atoms with Gasteiger partial charge in [0, 0.05) is 12.6 Å². The van der Waals surface area contributed by atoms with E-state index in [0.717, 1.165) is 9.96 Å². The van der Waals surface area contributed by atoms with Crippen LogP contribution in [0, 0.1) is 0 Å². The lowest BCUT2D eigenvalue weighted by Gasteiger charge is -2.08. The second kappa shape index (κ2) is 5.33. The van der Waals surface area contributed by atoms with Gasteiger partial charge < -0.3 is 10.2 Å². The van der Waals surface area contributed by atoms with Crippen molar-refractivity contribution in [3.8, 4) is 5.88 Å². The van der Waals surface area contributed by atoms with Gasteiger partial charge in [0.2, 0.25) is 5.88 Å². The molecule has 1 aromatic carbocycles. The van der Waals surface area contributed by atoms with Gasteiger partial charge in [0.25, 0.3) is 5.56 Å². The third-order valence-electron chi connectivity index (χ3n) is 3.38. The smallest absolute Gasteiger partial charge is 0.339 e. The fourth-order valence-electron chi connectivity index (χ4n) is 2.31. The van der Waals surface area contributed by atoms with Gasteiger partial charge in [-0.3, -0.25) is 9.20 Å². The number of aromatic carboxylic acids is 1. The zero-order valence-corrected chi connectivity index (χ0v) is 11.4. The van der Waals surface area contributed by atoms with Crippen LogP contribution in [0.2, 0.25) is 0 Å². The Morgan fingerprint density at radius 3 is 2.55 bits per heavy atom. The molecule has 0 saturated heterocycles. The Hall–Kier alpha value is -3.15. The Bertz CT molecular complexity index is 917. The molecule has 2 N–H and O–H groups in total. The van der Waals surface area contributed by atoms with Crippen LogP contribution in [0.25, 0.3) is 5.65 Å². The molecule has 0 spiro atoms. The third kappa shape index (κ3) is 2.31. The number of carboxylic acids is 1. The Kier molecular flexibility index (Phi) is 3.34. The van der Waals surface area contributed by atoms with E-state index in [9.17, 15) is 14.7 Å². The molecule has 6 nitrogen and oxygen atoms in total. The molecule has 110 valence electrons. The highest BCUT2D eigenvalue weighted by molar-refractivity contribution is 5.94. The normalized spacial score (nSPS) is 10.7. The second-order valence-corrected chi connectivity index (χ2v) is 4.80. The number of aromatic hydroxyl groups is 1. The third-order valence-corrected chi connectivity index (χ3v) is 3.38. The van der Waals surface area contributed by atoms with Crippen LogP contribution in [-0.4, -0.2) is 25.6 Å².